The molecule has 3 heteroatoms. The number of hydrogen-bond donors (Lipinski definition) is 2. The molecular weight excluding hydrogens is 252 g/mol. The monoisotopic (exact) mass is 276 g/mol. The molecule has 0 aromatic heterocycles. The van der Waals surface area contributed by atoms with Crippen LogP contribution >= 0.6 is 12.2 Å². The van der Waals surface area contributed by atoms with Crippen LogP contribution in [-0.2, 0) is 6.42 Å². The third-order valence-corrected chi connectivity index (χ3v) is 3.95. The number of anilines is 1. The summed E-state index contributed by atoms with van der Waals surface area (Å²) >= 11 is 5.44. The number of nitrogens with one attached hydrogen (secondary N) is 2. The Bertz CT molecular complexity index is 411. The molecule has 0 heterocycles. The molecule has 1 saturated carbocycles. The molecule has 0 spiro atoms. The SMILES string of the molecule is CCCc1ccccc1NC(=S)NC1CCCCC1. The van der Waals surface area contributed by atoms with Crippen LogP contribution in [0.4, 0.5) is 5.69 Å². The molecule has 2 N–H and O–H groups in total. The second-order valence-electron chi connectivity index (χ2n) is 5.34. The predicted octanol–water partition coefficient (Wildman–Crippen LogP) is 4.26. The molecule has 2 rings (SSSR count). The maximum absolute atomic E-state index is 5.44. The van der Waals surface area contributed by atoms with Crippen LogP contribution in [0, 0.1) is 0 Å². The van der Waals surface area contributed by atoms with Crippen LogP contribution in [0.5, 0.6) is 0 Å². The molecule has 0 bridgehead atoms. The summed E-state index contributed by atoms with van der Waals surface area (Å²) in [6.45, 7) is 2.20. The summed E-state index contributed by atoms with van der Waals surface area (Å²) in [6, 6.07) is 9.00. The Morgan fingerprint density at radius 1 is 1.21 bits per heavy atom. The average Bonchev–Trinajstić information content (AvgIpc) is 2.42. The molecule has 1 aliphatic carbocycles. The summed E-state index contributed by atoms with van der Waals surface area (Å²) in [5.41, 5.74) is 2.50. The lowest BCUT2D eigenvalue weighted by Crippen LogP contribution is -2.39. The highest BCUT2D eigenvalue weighted by Gasteiger charge is 2.14. The molecule has 0 radical (unpaired) electrons. The molecule has 0 saturated heterocycles. The molecule has 2 nitrogen and oxygen atoms in total. The first kappa shape index (κ1) is 14.3. The van der Waals surface area contributed by atoms with Gasteiger partial charge < -0.3 is 10.6 Å². The van der Waals surface area contributed by atoms with E-state index in [9.17, 15) is 0 Å². The van der Waals surface area contributed by atoms with Gasteiger partial charge in [-0.2, -0.15) is 0 Å². The summed E-state index contributed by atoms with van der Waals surface area (Å²) in [4.78, 5) is 0. The lowest BCUT2D eigenvalue weighted by atomic mass is 9.96. The van der Waals surface area contributed by atoms with Gasteiger partial charge in [0.2, 0.25) is 0 Å². The summed E-state index contributed by atoms with van der Waals surface area (Å²) in [6.07, 6.45) is 8.77. The molecule has 1 fully saturated rings. The predicted molar refractivity (Wildman–Crippen MR) is 86.7 cm³/mol. The van der Waals surface area contributed by atoms with Gasteiger partial charge in [-0.15, -0.1) is 0 Å². The number of benzene rings is 1. The van der Waals surface area contributed by atoms with Crippen molar-refractivity contribution in [3.63, 3.8) is 0 Å². The van der Waals surface area contributed by atoms with Crippen molar-refractivity contribution in [2.24, 2.45) is 0 Å². The van der Waals surface area contributed by atoms with E-state index in [0.717, 1.165) is 23.6 Å². The van der Waals surface area contributed by atoms with Crippen LogP contribution in [0.3, 0.4) is 0 Å². The van der Waals surface area contributed by atoms with E-state index < -0.39 is 0 Å². The maximum atomic E-state index is 5.44. The molecular formula is C16H24N2S. The minimum atomic E-state index is 0.562. The number of hydrogen-bond acceptors (Lipinski definition) is 1. The highest BCUT2D eigenvalue weighted by Crippen LogP contribution is 2.19. The van der Waals surface area contributed by atoms with Crippen molar-refractivity contribution in [1.82, 2.24) is 5.32 Å². The van der Waals surface area contributed by atoms with Crippen LogP contribution in [0.15, 0.2) is 24.3 Å². The minimum Gasteiger partial charge on any atom is -0.360 e. The lowest BCUT2D eigenvalue weighted by Gasteiger charge is -2.24. The number of thiocarbonyl (C=S) groups is 1. The summed E-state index contributed by atoms with van der Waals surface area (Å²) in [7, 11) is 0. The van der Waals surface area contributed by atoms with Gasteiger partial charge in [-0.05, 0) is 43.1 Å². The Kier molecular flexibility index (Phi) is 5.64. The second kappa shape index (κ2) is 7.49. The molecule has 0 aliphatic heterocycles. The first-order chi connectivity index (χ1) is 9.29. The Morgan fingerprint density at radius 2 is 1.95 bits per heavy atom. The molecule has 0 amide bonds. The molecule has 1 aliphatic rings. The number of para-hydroxylation sites is 1. The minimum absolute atomic E-state index is 0.562. The molecule has 19 heavy (non-hydrogen) atoms. The van der Waals surface area contributed by atoms with E-state index in [1.54, 1.807) is 0 Å². The van der Waals surface area contributed by atoms with Gasteiger partial charge in [-0.25, -0.2) is 0 Å². The summed E-state index contributed by atoms with van der Waals surface area (Å²) in [5, 5.41) is 7.59. The normalized spacial score (nSPS) is 16.1. The van der Waals surface area contributed by atoms with Gasteiger partial charge >= 0.3 is 0 Å². The largest absolute Gasteiger partial charge is 0.360 e. The summed E-state index contributed by atoms with van der Waals surface area (Å²) in [5.74, 6) is 0. The van der Waals surface area contributed by atoms with E-state index in [0.29, 0.717) is 6.04 Å². The molecule has 104 valence electrons. The highest BCUT2D eigenvalue weighted by molar-refractivity contribution is 7.80. The molecule has 1 aromatic carbocycles. The highest BCUT2D eigenvalue weighted by atomic mass is 32.1. The smallest absolute Gasteiger partial charge is 0.171 e. The van der Waals surface area contributed by atoms with Crippen LogP contribution < -0.4 is 10.6 Å². The van der Waals surface area contributed by atoms with Gasteiger partial charge in [0.1, 0.15) is 0 Å². The first-order valence-electron chi connectivity index (χ1n) is 7.45. The van der Waals surface area contributed by atoms with Crippen LogP contribution in [-0.4, -0.2) is 11.2 Å². The zero-order valence-corrected chi connectivity index (χ0v) is 12.6. The lowest BCUT2D eigenvalue weighted by molar-refractivity contribution is 0.415. The van der Waals surface area contributed by atoms with Gasteiger partial charge in [0.25, 0.3) is 0 Å². The van der Waals surface area contributed by atoms with Gasteiger partial charge in [-0.1, -0.05) is 50.8 Å². The Balaban J connectivity index is 1.90. The average molecular weight is 276 g/mol. The van der Waals surface area contributed by atoms with Crippen molar-refractivity contribution in [2.45, 2.75) is 57.9 Å². The van der Waals surface area contributed by atoms with E-state index >= 15 is 0 Å². The molecule has 1 aromatic rings. The third kappa shape index (κ3) is 4.50. The van der Waals surface area contributed by atoms with Crippen LogP contribution in [0.25, 0.3) is 0 Å². The van der Waals surface area contributed by atoms with E-state index in [2.05, 4.69) is 41.8 Å². The third-order valence-electron chi connectivity index (χ3n) is 3.73. The molecule has 0 atom stereocenters. The van der Waals surface area contributed by atoms with E-state index in [1.165, 1.54) is 37.7 Å². The fraction of sp³-hybridized carbons (Fsp3) is 0.562. The number of aryl methyl sites for hydroxylation is 1. The van der Waals surface area contributed by atoms with Gasteiger partial charge in [-0.3, -0.25) is 0 Å². The second-order valence-corrected chi connectivity index (χ2v) is 5.75. The van der Waals surface area contributed by atoms with Crippen LogP contribution in [0.1, 0.15) is 51.0 Å². The Hall–Kier alpha value is -1.09. The van der Waals surface area contributed by atoms with Crippen LogP contribution in [0.2, 0.25) is 0 Å². The Labute approximate surface area is 122 Å². The maximum Gasteiger partial charge on any atom is 0.171 e. The zero-order chi connectivity index (χ0) is 13.5. The number of rotatable bonds is 4. The van der Waals surface area contributed by atoms with Crippen molar-refractivity contribution in [3.8, 4) is 0 Å². The quantitative estimate of drug-likeness (QED) is 0.804. The summed E-state index contributed by atoms with van der Waals surface area (Å²) < 4.78 is 0. The van der Waals surface area contributed by atoms with Gasteiger partial charge in [0, 0.05) is 11.7 Å². The standard InChI is InChI=1S/C16H24N2S/c1-2-8-13-9-6-7-12-15(13)18-16(19)17-14-10-4-3-5-11-14/h6-7,9,12,14H,2-5,8,10-11H2,1H3,(H2,17,18,19). The van der Waals surface area contributed by atoms with Crippen molar-refractivity contribution >= 4 is 23.0 Å². The van der Waals surface area contributed by atoms with E-state index in [4.69, 9.17) is 12.2 Å². The fourth-order valence-electron chi connectivity index (χ4n) is 2.72. The van der Waals surface area contributed by atoms with E-state index in [-0.39, 0.29) is 0 Å². The first-order valence-corrected chi connectivity index (χ1v) is 7.86. The van der Waals surface area contributed by atoms with Gasteiger partial charge in [0.05, 0.1) is 0 Å². The molecule has 0 unspecified atom stereocenters. The van der Waals surface area contributed by atoms with E-state index in [1.807, 2.05) is 0 Å². The van der Waals surface area contributed by atoms with Crippen molar-refractivity contribution < 1.29 is 0 Å². The Morgan fingerprint density at radius 3 is 2.68 bits per heavy atom. The van der Waals surface area contributed by atoms with Crippen molar-refractivity contribution in [2.75, 3.05) is 5.32 Å². The van der Waals surface area contributed by atoms with Crippen molar-refractivity contribution in [1.29, 1.82) is 0 Å². The van der Waals surface area contributed by atoms with Gasteiger partial charge in [0.15, 0.2) is 5.11 Å². The zero-order valence-electron chi connectivity index (χ0n) is 11.7. The topological polar surface area (TPSA) is 24.1 Å². The fourth-order valence-corrected chi connectivity index (χ4v) is 3.00. The van der Waals surface area contributed by atoms with Crippen molar-refractivity contribution in [3.05, 3.63) is 29.8 Å².